The third-order valence-electron chi connectivity index (χ3n) is 1.34. The number of anilines is 1. The summed E-state index contributed by atoms with van der Waals surface area (Å²) >= 11 is 5.80. The molecule has 0 radical (unpaired) electrons. The predicted octanol–water partition coefficient (Wildman–Crippen LogP) is 2.96. The highest BCUT2D eigenvalue weighted by molar-refractivity contribution is 6.31. The molecule has 0 atom stereocenters. The lowest BCUT2D eigenvalue weighted by Crippen LogP contribution is -2.06. The van der Waals surface area contributed by atoms with Crippen molar-refractivity contribution in [2.24, 2.45) is 5.84 Å². The molecule has 0 heterocycles. The Morgan fingerprint density at radius 1 is 1.33 bits per heavy atom. The van der Waals surface area contributed by atoms with Crippen LogP contribution in [0.25, 0.3) is 0 Å². The van der Waals surface area contributed by atoms with E-state index in [0.29, 0.717) is 0 Å². The highest BCUT2D eigenvalue weighted by atomic mass is 35.5. The van der Waals surface area contributed by atoms with Crippen LogP contribution in [-0.4, -0.2) is 0 Å². The van der Waals surface area contributed by atoms with E-state index in [1.54, 1.807) is 6.07 Å². The molecule has 12 heavy (non-hydrogen) atoms. The molecule has 0 bridgehead atoms. The molecule has 3 heteroatoms. The zero-order chi connectivity index (χ0) is 9.56. The lowest BCUT2D eigenvalue weighted by Gasteiger charge is -2.01. The summed E-state index contributed by atoms with van der Waals surface area (Å²) in [5.41, 5.74) is 4.40. The van der Waals surface area contributed by atoms with Crippen molar-refractivity contribution >= 4 is 17.3 Å². The third-order valence-corrected chi connectivity index (χ3v) is 1.75. The van der Waals surface area contributed by atoms with Crippen LogP contribution in [0.4, 0.5) is 5.69 Å². The second-order valence-electron chi connectivity index (χ2n) is 2.11. The average molecular weight is 187 g/mol. The quantitative estimate of drug-likeness (QED) is 0.523. The fraction of sp³-hybridized carbons (Fsp3) is 0.333. The van der Waals surface area contributed by atoms with Crippen molar-refractivity contribution in [3.05, 3.63) is 28.8 Å². The van der Waals surface area contributed by atoms with Crippen molar-refractivity contribution in [2.45, 2.75) is 20.8 Å². The number of halogens is 1. The van der Waals surface area contributed by atoms with Gasteiger partial charge in [-0.25, -0.2) is 0 Å². The molecule has 0 saturated carbocycles. The minimum atomic E-state index is 0.732. The number of nitrogen functional groups attached to an aromatic ring is 1. The zero-order valence-electron chi connectivity index (χ0n) is 7.69. The molecule has 1 rings (SSSR count). The molecule has 0 saturated heterocycles. The van der Waals surface area contributed by atoms with Gasteiger partial charge in [0, 0.05) is 10.7 Å². The first-order valence-corrected chi connectivity index (χ1v) is 4.34. The second kappa shape index (κ2) is 5.86. The Morgan fingerprint density at radius 2 is 1.92 bits per heavy atom. The van der Waals surface area contributed by atoms with Gasteiger partial charge in [0.2, 0.25) is 0 Å². The molecule has 1 aromatic carbocycles. The first-order chi connectivity index (χ1) is 5.74. The number of rotatable bonds is 1. The lowest BCUT2D eigenvalue weighted by atomic mass is 10.2. The number of benzene rings is 1. The van der Waals surface area contributed by atoms with Crippen molar-refractivity contribution in [2.75, 3.05) is 5.43 Å². The molecule has 1 aromatic rings. The van der Waals surface area contributed by atoms with E-state index in [1.165, 1.54) is 0 Å². The molecule has 68 valence electrons. The van der Waals surface area contributed by atoms with Crippen LogP contribution in [-0.2, 0) is 0 Å². The van der Waals surface area contributed by atoms with Gasteiger partial charge in [0.1, 0.15) is 0 Å². The van der Waals surface area contributed by atoms with E-state index in [2.05, 4.69) is 5.43 Å². The van der Waals surface area contributed by atoms with Crippen LogP contribution >= 0.6 is 11.6 Å². The minimum absolute atomic E-state index is 0.732. The zero-order valence-corrected chi connectivity index (χ0v) is 8.44. The van der Waals surface area contributed by atoms with Crippen molar-refractivity contribution in [3.8, 4) is 0 Å². The molecule has 2 nitrogen and oxygen atoms in total. The smallest absolute Gasteiger partial charge is 0.0500 e. The van der Waals surface area contributed by atoms with E-state index in [0.717, 1.165) is 16.3 Å². The summed E-state index contributed by atoms with van der Waals surface area (Å²) in [6, 6.07) is 5.58. The van der Waals surface area contributed by atoms with E-state index in [4.69, 9.17) is 17.4 Å². The third kappa shape index (κ3) is 3.11. The van der Waals surface area contributed by atoms with E-state index in [-0.39, 0.29) is 0 Å². The topological polar surface area (TPSA) is 38.0 Å². The highest BCUT2D eigenvalue weighted by Crippen LogP contribution is 2.18. The molecule has 0 aliphatic carbocycles. The van der Waals surface area contributed by atoms with Crippen LogP contribution in [0.5, 0.6) is 0 Å². The lowest BCUT2D eigenvalue weighted by molar-refractivity contribution is 1.34. The summed E-state index contributed by atoms with van der Waals surface area (Å²) in [7, 11) is 0. The van der Waals surface area contributed by atoms with E-state index in [1.807, 2.05) is 32.9 Å². The summed E-state index contributed by atoms with van der Waals surface area (Å²) in [4.78, 5) is 0. The molecule has 0 fully saturated rings. The van der Waals surface area contributed by atoms with Gasteiger partial charge in [0.25, 0.3) is 0 Å². The fourth-order valence-corrected chi connectivity index (χ4v) is 0.863. The van der Waals surface area contributed by atoms with Crippen LogP contribution < -0.4 is 11.3 Å². The van der Waals surface area contributed by atoms with Crippen molar-refractivity contribution in [3.63, 3.8) is 0 Å². The Hall–Kier alpha value is -0.730. The SMILES string of the molecule is CC.Cc1ccc(NN)cc1Cl. The number of hydrazine groups is 1. The molecule has 0 spiro atoms. The van der Waals surface area contributed by atoms with Crippen LogP contribution in [0.2, 0.25) is 5.02 Å². The van der Waals surface area contributed by atoms with E-state index >= 15 is 0 Å². The molecular formula is C9H15ClN2. The van der Waals surface area contributed by atoms with Gasteiger partial charge in [-0.15, -0.1) is 0 Å². The first-order valence-electron chi connectivity index (χ1n) is 3.97. The predicted molar refractivity (Wildman–Crippen MR) is 55.3 cm³/mol. The second-order valence-corrected chi connectivity index (χ2v) is 2.52. The number of hydrogen-bond acceptors (Lipinski definition) is 2. The van der Waals surface area contributed by atoms with Gasteiger partial charge in [-0.3, -0.25) is 5.84 Å². The molecule has 0 aromatic heterocycles. The van der Waals surface area contributed by atoms with Gasteiger partial charge in [0.15, 0.2) is 0 Å². The standard InChI is InChI=1S/C7H9ClN2.C2H6/c1-5-2-3-6(10-9)4-7(5)8;1-2/h2-4,10H,9H2,1H3;1-2H3. The van der Waals surface area contributed by atoms with E-state index < -0.39 is 0 Å². The van der Waals surface area contributed by atoms with Gasteiger partial charge in [-0.1, -0.05) is 31.5 Å². The highest BCUT2D eigenvalue weighted by Gasteiger charge is 1.94. The summed E-state index contributed by atoms with van der Waals surface area (Å²) in [5, 5.41) is 0.732. The first kappa shape index (κ1) is 11.3. The van der Waals surface area contributed by atoms with Crippen molar-refractivity contribution in [1.29, 1.82) is 0 Å². The summed E-state index contributed by atoms with van der Waals surface area (Å²) < 4.78 is 0. The minimum Gasteiger partial charge on any atom is -0.324 e. The van der Waals surface area contributed by atoms with Gasteiger partial charge in [0.05, 0.1) is 0 Å². The Bertz CT molecular complexity index is 236. The normalized spacial score (nSPS) is 8.42. The molecule has 0 aliphatic rings. The maximum atomic E-state index is 5.80. The van der Waals surface area contributed by atoms with Crippen molar-refractivity contribution in [1.82, 2.24) is 0 Å². The number of nitrogens with two attached hydrogens (primary N) is 1. The molecule has 3 N–H and O–H groups in total. The fourth-order valence-electron chi connectivity index (χ4n) is 0.683. The van der Waals surface area contributed by atoms with Crippen LogP contribution in [0.15, 0.2) is 18.2 Å². The van der Waals surface area contributed by atoms with Gasteiger partial charge < -0.3 is 5.43 Å². The number of aryl methyl sites for hydroxylation is 1. The van der Waals surface area contributed by atoms with Crippen LogP contribution in [0.3, 0.4) is 0 Å². The number of hydrogen-bond donors (Lipinski definition) is 2. The monoisotopic (exact) mass is 186 g/mol. The molecule has 0 unspecified atom stereocenters. The Labute approximate surface area is 78.7 Å². The Kier molecular flexibility index (Phi) is 5.51. The largest absolute Gasteiger partial charge is 0.324 e. The number of nitrogens with one attached hydrogen (secondary N) is 1. The summed E-state index contributed by atoms with van der Waals surface area (Å²) in [5.74, 6) is 5.16. The summed E-state index contributed by atoms with van der Waals surface area (Å²) in [6.07, 6.45) is 0. The van der Waals surface area contributed by atoms with Gasteiger partial charge in [-0.05, 0) is 24.6 Å². The molecular weight excluding hydrogens is 172 g/mol. The maximum absolute atomic E-state index is 5.80. The Morgan fingerprint density at radius 3 is 2.33 bits per heavy atom. The average Bonchev–Trinajstić information content (AvgIpc) is 2.13. The summed E-state index contributed by atoms with van der Waals surface area (Å²) in [6.45, 7) is 5.95. The van der Waals surface area contributed by atoms with Crippen LogP contribution in [0.1, 0.15) is 19.4 Å². The maximum Gasteiger partial charge on any atom is 0.0500 e. The molecule has 0 amide bonds. The van der Waals surface area contributed by atoms with E-state index in [9.17, 15) is 0 Å². The van der Waals surface area contributed by atoms with Gasteiger partial charge >= 0.3 is 0 Å². The molecule has 0 aliphatic heterocycles. The van der Waals surface area contributed by atoms with Crippen molar-refractivity contribution < 1.29 is 0 Å². The van der Waals surface area contributed by atoms with Crippen LogP contribution in [0, 0.1) is 6.92 Å². The van der Waals surface area contributed by atoms with Gasteiger partial charge in [-0.2, -0.15) is 0 Å². The Balaban J connectivity index is 0.000000561.